The van der Waals surface area contributed by atoms with Crippen molar-refractivity contribution in [2.75, 3.05) is 11.9 Å². The average molecular weight is 461 g/mol. The summed E-state index contributed by atoms with van der Waals surface area (Å²) in [5.74, 6) is -3.06. The number of aryl methyl sites for hydroxylation is 1. The Bertz CT molecular complexity index is 1180. The third kappa shape index (κ3) is 3.32. The highest BCUT2D eigenvalue weighted by Gasteiger charge is 2.70. The zero-order valence-electron chi connectivity index (χ0n) is 19.0. The topological polar surface area (TPSA) is 122 Å². The number of carbonyl (C=O) groups excluding carboxylic acids is 4. The van der Waals surface area contributed by atoms with Crippen LogP contribution in [-0.2, 0) is 37.6 Å². The summed E-state index contributed by atoms with van der Waals surface area (Å²) < 4.78 is 0. The van der Waals surface area contributed by atoms with Crippen LogP contribution < -0.4 is 16.4 Å². The monoisotopic (exact) mass is 460 g/mol. The molecule has 5 rings (SSSR count). The first kappa shape index (κ1) is 22.3. The van der Waals surface area contributed by atoms with E-state index < -0.39 is 29.3 Å². The van der Waals surface area contributed by atoms with Crippen molar-refractivity contribution < 1.29 is 19.2 Å². The van der Waals surface area contributed by atoms with E-state index in [1.54, 1.807) is 0 Å². The van der Waals surface area contributed by atoms with Gasteiger partial charge in [-0.2, -0.15) is 0 Å². The molecule has 1 spiro atoms. The Balaban J connectivity index is 1.54. The van der Waals surface area contributed by atoms with Crippen LogP contribution >= 0.6 is 0 Å². The van der Waals surface area contributed by atoms with Gasteiger partial charge in [0.1, 0.15) is 5.54 Å². The molecule has 4 atom stereocenters. The number of likely N-dealkylation sites (tertiary alicyclic amines) is 1. The van der Waals surface area contributed by atoms with E-state index >= 15 is 0 Å². The third-order valence-corrected chi connectivity index (χ3v) is 7.45. The zero-order chi connectivity index (χ0) is 24.0. The molecule has 4 amide bonds. The van der Waals surface area contributed by atoms with Crippen LogP contribution in [0, 0.1) is 11.8 Å². The van der Waals surface area contributed by atoms with Crippen LogP contribution in [0.4, 0.5) is 5.69 Å². The molecule has 4 N–H and O–H groups in total. The van der Waals surface area contributed by atoms with Crippen molar-refractivity contribution >= 4 is 29.3 Å². The minimum atomic E-state index is -1.35. The predicted molar refractivity (Wildman–Crippen MR) is 125 cm³/mol. The number of hydrogen-bond acceptors (Lipinski definition) is 5. The lowest BCUT2D eigenvalue weighted by atomic mass is 9.76. The summed E-state index contributed by atoms with van der Waals surface area (Å²) in [6, 6.07) is 14.9. The van der Waals surface area contributed by atoms with Crippen molar-refractivity contribution in [1.82, 2.24) is 10.2 Å². The van der Waals surface area contributed by atoms with Crippen molar-refractivity contribution in [2.45, 2.75) is 44.2 Å². The van der Waals surface area contributed by atoms with E-state index in [4.69, 9.17) is 5.73 Å². The fourth-order valence-corrected chi connectivity index (χ4v) is 5.78. The van der Waals surface area contributed by atoms with Crippen LogP contribution in [0.15, 0.2) is 48.5 Å². The Morgan fingerprint density at radius 3 is 2.53 bits per heavy atom. The Hall–Kier alpha value is -3.52. The summed E-state index contributed by atoms with van der Waals surface area (Å²) in [5.41, 5.74) is 7.44. The lowest BCUT2D eigenvalue weighted by Crippen LogP contribution is -2.53. The smallest absolute Gasteiger partial charge is 0.250 e. The molecule has 0 saturated carbocycles. The van der Waals surface area contributed by atoms with Crippen LogP contribution in [0.25, 0.3) is 0 Å². The molecular formula is C26H28N4O4. The summed E-state index contributed by atoms with van der Waals surface area (Å²) in [5, 5.41) is 6.26. The summed E-state index contributed by atoms with van der Waals surface area (Å²) in [7, 11) is 0. The number of nitrogens with two attached hydrogens (primary N) is 1. The molecule has 0 radical (unpaired) electrons. The standard InChI is InChI=1S/C26H28N4O4/c1-2-15-8-9-18-17(14-15)26(25(34)28-18)22-21(19(29-26)10-11-20(27)31)23(32)30(24(22)33)13-12-16-6-4-3-5-7-16/h3-9,14,19,21-22,29H,2,10-13H2,1H3,(H2,27,31)(H,28,34)/t19?,21-,22+,26?/m1/s1. The van der Waals surface area contributed by atoms with E-state index in [0.29, 0.717) is 17.7 Å². The molecular weight excluding hydrogens is 432 g/mol. The number of nitrogens with zero attached hydrogens (tertiary/aromatic N) is 1. The first-order valence-corrected chi connectivity index (χ1v) is 11.8. The number of nitrogens with one attached hydrogen (secondary N) is 2. The number of hydrogen-bond donors (Lipinski definition) is 3. The van der Waals surface area contributed by atoms with E-state index in [1.165, 1.54) is 4.90 Å². The highest BCUT2D eigenvalue weighted by molar-refractivity contribution is 6.15. The van der Waals surface area contributed by atoms with Gasteiger partial charge in [0.05, 0.1) is 11.8 Å². The van der Waals surface area contributed by atoms with Gasteiger partial charge in [0.25, 0.3) is 0 Å². The number of primary amides is 1. The van der Waals surface area contributed by atoms with Gasteiger partial charge in [-0.05, 0) is 36.5 Å². The van der Waals surface area contributed by atoms with Gasteiger partial charge in [-0.15, -0.1) is 0 Å². The minimum absolute atomic E-state index is 0.0614. The molecule has 2 fully saturated rings. The second-order valence-electron chi connectivity index (χ2n) is 9.32. The minimum Gasteiger partial charge on any atom is -0.370 e. The van der Waals surface area contributed by atoms with Gasteiger partial charge < -0.3 is 11.1 Å². The van der Waals surface area contributed by atoms with Gasteiger partial charge >= 0.3 is 0 Å². The van der Waals surface area contributed by atoms with Crippen molar-refractivity contribution in [3.63, 3.8) is 0 Å². The van der Waals surface area contributed by atoms with Crippen LogP contribution in [0.5, 0.6) is 0 Å². The highest BCUT2D eigenvalue weighted by Crippen LogP contribution is 2.53. The Kier molecular flexibility index (Phi) is 5.48. The van der Waals surface area contributed by atoms with Crippen LogP contribution in [-0.4, -0.2) is 41.1 Å². The number of benzene rings is 2. The maximum absolute atomic E-state index is 13.8. The number of carbonyl (C=O) groups is 4. The Morgan fingerprint density at radius 1 is 1.06 bits per heavy atom. The largest absolute Gasteiger partial charge is 0.370 e. The lowest BCUT2D eigenvalue weighted by Gasteiger charge is -2.29. The van der Waals surface area contributed by atoms with Gasteiger partial charge in [-0.3, -0.25) is 29.4 Å². The van der Waals surface area contributed by atoms with Gasteiger partial charge in [0.2, 0.25) is 23.6 Å². The molecule has 8 nitrogen and oxygen atoms in total. The first-order chi connectivity index (χ1) is 16.4. The number of imide groups is 1. The average Bonchev–Trinajstić information content (AvgIpc) is 3.41. The zero-order valence-corrected chi connectivity index (χ0v) is 19.0. The second kappa shape index (κ2) is 8.36. The maximum Gasteiger partial charge on any atom is 0.250 e. The van der Waals surface area contributed by atoms with Crippen molar-refractivity contribution in [3.8, 4) is 0 Å². The van der Waals surface area contributed by atoms with E-state index in [1.807, 2.05) is 55.5 Å². The highest BCUT2D eigenvalue weighted by atomic mass is 16.2. The molecule has 3 heterocycles. The normalized spacial score (nSPS) is 27.3. The summed E-state index contributed by atoms with van der Waals surface area (Å²) in [6.45, 7) is 2.27. The predicted octanol–water partition coefficient (Wildman–Crippen LogP) is 1.48. The molecule has 8 heteroatoms. The molecule has 0 aromatic heterocycles. The van der Waals surface area contributed by atoms with E-state index in [0.717, 1.165) is 17.5 Å². The lowest BCUT2D eigenvalue weighted by molar-refractivity contribution is -0.142. The number of rotatable bonds is 7. The van der Waals surface area contributed by atoms with Gasteiger partial charge in [0, 0.05) is 30.3 Å². The number of fused-ring (bicyclic) bond motifs is 4. The fourth-order valence-electron chi connectivity index (χ4n) is 5.78. The molecule has 2 aromatic rings. The quantitative estimate of drug-likeness (QED) is 0.541. The Labute approximate surface area is 197 Å². The van der Waals surface area contributed by atoms with Gasteiger partial charge in [-0.1, -0.05) is 49.4 Å². The SMILES string of the molecule is CCc1ccc2c(c1)C1(NC(CCC(N)=O)[C@H]3C(=O)N(CCc4ccccc4)C(=O)[C@H]31)C(=O)N2. The first-order valence-electron chi connectivity index (χ1n) is 11.8. The van der Waals surface area contributed by atoms with E-state index in [9.17, 15) is 19.2 Å². The molecule has 34 heavy (non-hydrogen) atoms. The van der Waals surface area contributed by atoms with Gasteiger partial charge in [0.15, 0.2) is 0 Å². The maximum atomic E-state index is 13.8. The Morgan fingerprint density at radius 2 is 1.82 bits per heavy atom. The summed E-state index contributed by atoms with van der Waals surface area (Å²) in [4.78, 5) is 53.6. The second-order valence-corrected chi connectivity index (χ2v) is 9.32. The molecule has 176 valence electrons. The molecule has 0 aliphatic carbocycles. The van der Waals surface area contributed by atoms with Crippen molar-refractivity contribution in [1.29, 1.82) is 0 Å². The fraction of sp³-hybridized carbons (Fsp3) is 0.385. The van der Waals surface area contributed by atoms with Crippen molar-refractivity contribution in [2.24, 2.45) is 17.6 Å². The number of amides is 4. The summed E-state index contributed by atoms with van der Waals surface area (Å²) in [6.07, 6.45) is 1.64. The van der Waals surface area contributed by atoms with E-state index in [-0.39, 0.29) is 37.1 Å². The van der Waals surface area contributed by atoms with Crippen molar-refractivity contribution in [3.05, 3.63) is 65.2 Å². The molecule has 3 aliphatic heterocycles. The molecule has 2 saturated heterocycles. The molecule has 2 aromatic carbocycles. The summed E-state index contributed by atoms with van der Waals surface area (Å²) >= 11 is 0. The van der Waals surface area contributed by atoms with Crippen LogP contribution in [0.1, 0.15) is 36.5 Å². The molecule has 0 bridgehead atoms. The molecule has 3 aliphatic rings. The van der Waals surface area contributed by atoms with Crippen LogP contribution in [0.3, 0.4) is 0 Å². The van der Waals surface area contributed by atoms with Gasteiger partial charge in [-0.25, -0.2) is 0 Å². The number of anilines is 1. The van der Waals surface area contributed by atoms with Crippen LogP contribution in [0.2, 0.25) is 0 Å². The van der Waals surface area contributed by atoms with E-state index in [2.05, 4.69) is 10.6 Å². The third-order valence-electron chi connectivity index (χ3n) is 7.45. The molecule has 2 unspecified atom stereocenters.